The molecule has 0 aromatic carbocycles. The SMILES string of the molecule is Cc1cc(C#N)n2ncnc(C(C)C)c12. The summed E-state index contributed by atoms with van der Waals surface area (Å²) in [6.45, 7) is 6.15. The molecular weight excluding hydrogens is 188 g/mol. The first-order valence-electron chi connectivity index (χ1n) is 4.88. The smallest absolute Gasteiger partial charge is 0.143 e. The molecule has 0 spiro atoms. The van der Waals surface area contributed by atoms with E-state index in [4.69, 9.17) is 5.26 Å². The van der Waals surface area contributed by atoms with Crippen LogP contribution in [0.3, 0.4) is 0 Å². The summed E-state index contributed by atoms with van der Waals surface area (Å²) >= 11 is 0. The monoisotopic (exact) mass is 200 g/mol. The van der Waals surface area contributed by atoms with Crippen LogP contribution in [0.25, 0.3) is 5.52 Å². The van der Waals surface area contributed by atoms with Crippen molar-refractivity contribution in [2.24, 2.45) is 0 Å². The Morgan fingerprint density at radius 1 is 1.47 bits per heavy atom. The fourth-order valence-corrected chi connectivity index (χ4v) is 1.76. The summed E-state index contributed by atoms with van der Waals surface area (Å²) in [6, 6.07) is 3.97. The van der Waals surface area contributed by atoms with Crippen LogP contribution in [0.1, 0.15) is 36.7 Å². The van der Waals surface area contributed by atoms with Crippen LogP contribution in [0.2, 0.25) is 0 Å². The summed E-state index contributed by atoms with van der Waals surface area (Å²) in [5.74, 6) is 0.329. The standard InChI is InChI=1S/C11H12N4/c1-7(2)10-11-8(3)4-9(5-12)15(11)14-6-13-10/h4,6-7H,1-3H3. The second-order valence-corrected chi connectivity index (χ2v) is 3.88. The molecule has 2 rings (SSSR count). The van der Waals surface area contributed by atoms with E-state index in [-0.39, 0.29) is 0 Å². The van der Waals surface area contributed by atoms with Crippen molar-refractivity contribution in [3.8, 4) is 6.07 Å². The van der Waals surface area contributed by atoms with Gasteiger partial charge in [0.1, 0.15) is 18.1 Å². The minimum atomic E-state index is 0.329. The Morgan fingerprint density at radius 2 is 2.20 bits per heavy atom. The van der Waals surface area contributed by atoms with Gasteiger partial charge in [0, 0.05) is 0 Å². The predicted molar refractivity (Wildman–Crippen MR) is 56.5 cm³/mol. The molecule has 0 aliphatic carbocycles. The van der Waals surface area contributed by atoms with Gasteiger partial charge in [-0.15, -0.1) is 0 Å². The summed E-state index contributed by atoms with van der Waals surface area (Å²) in [6.07, 6.45) is 1.50. The fraction of sp³-hybridized carbons (Fsp3) is 0.364. The van der Waals surface area contributed by atoms with Crippen LogP contribution < -0.4 is 0 Å². The van der Waals surface area contributed by atoms with Gasteiger partial charge in [-0.1, -0.05) is 13.8 Å². The summed E-state index contributed by atoms with van der Waals surface area (Å²) < 4.78 is 1.66. The van der Waals surface area contributed by atoms with E-state index in [0.29, 0.717) is 11.6 Å². The first-order chi connectivity index (χ1) is 7.15. The summed E-state index contributed by atoms with van der Waals surface area (Å²) in [5.41, 5.74) is 3.57. The van der Waals surface area contributed by atoms with E-state index in [9.17, 15) is 0 Å². The van der Waals surface area contributed by atoms with Crippen molar-refractivity contribution in [3.05, 3.63) is 29.3 Å². The number of fused-ring (bicyclic) bond motifs is 1. The van der Waals surface area contributed by atoms with Crippen LogP contribution in [-0.4, -0.2) is 14.6 Å². The van der Waals surface area contributed by atoms with Crippen molar-refractivity contribution in [2.45, 2.75) is 26.7 Å². The average molecular weight is 200 g/mol. The lowest BCUT2D eigenvalue weighted by atomic mass is 10.1. The van der Waals surface area contributed by atoms with Crippen molar-refractivity contribution >= 4 is 5.52 Å². The maximum absolute atomic E-state index is 8.95. The molecule has 4 nitrogen and oxygen atoms in total. The van der Waals surface area contributed by atoms with Gasteiger partial charge in [0.05, 0.1) is 11.2 Å². The van der Waals surface area contributed by atoms with Crippen molar-refractivity contribution in [2.75, 3.05) is 0 Å². The van der Waals surface area contributed by atoms with E-state index >= 15 is 0 Å². The molecule has 0 fully saturated rings. The van der Waals surface area contributed by atoms with Gasteiger partial charge in [0.2, 0.25) is 0 Å². The Hall–Kier alpha value is -1.89. The van der Waals surface area contributed by atoms with Crippen molar-refractivity contribution in [1.29, 1.82) is 5.26 Å². The molecule has 15 heavy (non-hydrogen) atoms. The molecule has 0 atom stereocenters. The zero-order valence-electron chi connectivity index (χ0n) is 9.02. The maximum atomic E-state index is 8.95. The molecule has 0 radical (unpaired) electrons. The second kappa shape index (κ2) is 3.35. The Labute approximate surface area is 88.2 Å². The van der Waals surface area contributed by atoms with Gasteiger partial charge in [-0.25, -0.2) is 9.50 Å². The van der Waals surface area contributed by atoms with Crippen LogP contribution >= 0.6 is 0 Å². The molecule has 2 heterocycles. The Morgan fingerprint density at radius 3 is 2.80 bits per heavy atom. The molecule has 0 saturated heterocycles. The number of hydrogen-bond acceptors (Lipinski definition) is 3. The van der Waals surface area contributed by atoms with Crippen LogP contribution in [0.5, 0.6) is 0 Å². The molecule has 0 amide bonds. The van der Waals surface area contributed by atoms with Crippen LogP contribution in [-0.2, 0) is 0 Å². The quantitative estimate of drug-likeness (QED) is 0.707. The zero-order valence-corrected chi connectivity index (χ0v) is 9.02. The fourth-order valence-electron chi connectivity index (χ4n) is 1.76. The van der Waals surface area contributed by atoms with E-state index in [0.717, 1.165) is 16.8 Å². The van der Waals surface area contributed by atoms with Gasteiger partial charge in [-0.2, -0.15) is 10.4 Å². The van der Waals surface area contributed by atoms with Crippen molar-refractivity contribution in [1.82, 2.24) is 14.6 Å². The number of nitriles is 1. The first-order valence-corrected chi connectivity index (χ1v) is 4.88. The van der Waals surface area contributed by atoms with Crippen LogP contribution in [0, 0.1) is 18.3 Å². The summed E-state index contributed by atoms with van der Waals surface area (Å²) in [5, 5.41) is 13.0. The molecule has 0 bridgehead atoms. The van der Waals surface area contributed by atoms with E-state index in [1.807, 2.05) is 13.0 Å². The highest BCUT2D eigenvalue weighted by atomic mass is 15.2. The Balaban J connectivity index is 2.87. The predicted octanol–water partition coefficient (Wildman–Crippen LogP) is 2.03. The molecule has 2 aromatic heterocycles. The lowest BCUT2D eigenvalue weighted by Gasteiger charge is -2.06. The minimum absolute atomic E-state index is 0.329. The molecule has 0 aliphatic heterocycles. The van der Waals surface area contributed by atoms with Gasteiger partial charge in [0.15, 0.2) is 0 Å². The molecular formula is C11H12N4. The third-order valence-electron chi connectivity index (χ3n) is 2.43. The van der Waals surface area contributed by atoms with E-state index in [2.05, 4.69) is 30.0 Å². The second-order valence-electron chi connectivity index (χ2n) is 3.88. The molecule has 76 valence electrons. The van der Waals surface area contributed by atoms with Crippen LogP contribution in [0.4, 0.5) is 0 Å². The summed E-state index contributed by atoms with van der Waals surface area (Å²) in [4.78, 5) is 4.27. The molecule has 0 aliphatic rings. The van der Waals surface area contributed by atoms with Gasteiger partial charge in [-0.3, -0.25) is 0 Å². The zero-order chi connectivity index (χ0) is 11.0. The van der Waals surface area contributed by atoms with E-state index in [1.54, 1.807) is 4.52 Å². The van der Waals surface area contributed by atoms with Gasteiger partial charge in [0.25, 0.3) is 0 Å². The number of rotatable bonds is 1. The first kappa shape index (κ1) is 9.66. The highest BCUT2D eigenvalue weighted by Gasteiger charge is 2.13. The van der Waals surface area contributed by atoms with Gasteiger partial charge < -0.3 is 0 Å². The summed E-state index contributed by atoms with van der Waals surface area (Å²) in [7, 11) is 0. The number of aryl methyl sites for hydroxylation is 1. The van der Waals surface area contributed by atoms with Crippen molar-refractivity contribution < 1.29 is 0 Å². The van der Waals surface area contributed by atoms with E-state index < -0.39 is 0 Å². The normalized spacial score (nSPS) is 10.9. The third-order valence-corrected chi connectivity index (χ3v) is 2.43. The van der Waals surface area contributed by atoms with E-state index in [1.165, 1.54) is 6.33 Å². The minimum Gasteiger partial charge on any atom is -0.237 e. The van der Waals surface area contributed by atoms with Crippen molar-refractivity contribution in [3.63, 3.8) is 0 Å². The van der Waals surface area contributed by atoms with Gasteiger partial charge >= 0.3 is 0 Å². The number of hydrogen-bond donors (Lipinski definition) is 0. The Bertz CT molecular complexity index is 545. The van der Waals surface area contributed by atoms with Crippen LogP contribution in [0.15, 0.2) is 12.4 Å². The number of nitrogens with zero attached hydrogens (tertiary/aromatic N) is 4. The lowest BCUT2D eigenvalue weighted by Crippen LogP contribution is -2.02. The molecule has 0 saturated carbocycles. The topological polar surface area (TPSA) is 54.0 Å². The third kappa shape index (κ3) is 1.37. The molecule has 4 heteroatoms. The highest BCUT2D eigenvalue weighted by molar-refractivity contribution is 5.62. The largest absolute Gasteiger partial charge is 0.237 e. The highest BCUT2D eigenvalue weighted by Crippen LogP contribution is 2.22. The maximum Gasteiger partial charge on any atom is 0.143 e. The average Bonchev–Trinajstić information content (AvgIpc) is 2.55. The van der Waals surface area contributed by atoms with Gasteiger partial charge in [-0.05, 0) is 24.5 Å². The molecule has 2 aromatic rings. The lowest BCUT2D eigenvalue weighted by molar-refractivity contribution is 0.782. The molecule has 0 N–H and O–H groups in total. The molecule has 0 unspecified atom stereocenters. The Kier molecular flexibility index (Phi) is 2.16. The number of aromatic nitrogens is 3.